The van der Waals surface area contributed by atoms with E-state index in [1.807, 2.05) is 24.3 Å². The Morgan fingerprint density at radius 1 is 1.22 bits per heavy atom. The molecule has 1 fully saturated rings. The highest BCUT2D eigenvalue weighted by molar-refractivity contribution is 6.30. The fourth-order valence-electron chi connectivity index (χ4n) is 2.37. The summed E-state index contributed by atoms with van der Waals surface area (Å²) in [6.45, 7) is 8.49. The quantitative estimate of drug-likeness (QED) is 0.836. The van der Waals surface area contributed by atoms with E-state index >= 15 is 0 Å². The lowest BCUT2D eigenvalue weighted by Gasteiger charge is -2.30. The average Bonchev–Trinajstić information content (AvgIpc) is 2.55. The minimum Gasteiger partial charge on any atom is -0.372 e. The van der Waals surface area contributed by atoms with Crippen molar-refractivity contribution in [1.82, 2.24) is 5.32 Å². The highest BCUT2D eigenvalue weighted by Gasteiger charge is 2.28. The molecular weight excluding hydrogens is 246 g/mol. The number of benzene rings is 1. The average molecular weight is 268 g/mol. The Labute approximate surface area is 115 Å². The molecule has 0 saturated carbocycles. The van der Waals surface area contributed by atoms with E-state index in [0.717, 1.165) is 24.6 Å². The lowest BCUT2D eigenvalue weighted by molar-refractivity contribution is 0.0654. The maximum absolute atomic E-state index is 5.95. The minimum absolute atomic E-state index is 0.134. The standard InChI is InChI=1S/C15H22ClNO/c1-15(2,3)14-8-9-18-13(10-17-14)11-4-6-12(16)7-5-11/h4-7,13-14,17H,8-10H2,1-3H3. The Bertz CT molecular complexity index is 382. The van der Waals surface area contributed by atoms with E-state index in [4.69, 9.17) is 16.3 Å². The van der Waals surface area contributed by atoms with Gasteiger partial charge in [0.1, 0.15) is 0 Å². The van der Waals surface area contributed by atoms with Gasteiger partial charge in [0, 0.05) is 24.2 Å². The van der Waals surface area contributed by atoms with Crippen molar-refractivity contribution in [2.45, 2.75) is 39.3 Å². The second-order valence-electron chi connectivity index (χ2n) is 6.03. The molecule has 2 unspecified atom stereocenters. The first-order valence-electron chi connectivity index (χ1n) is 6.57. The normalized spacial score (nSPS) is 25.8. The van der Waals surface area contributed by atoms with E-state index in [1.165, 1.54) is 5.56 Å². The van der Waals surface area contributed by atoms with Crippen LogP contribution in [0, 0.1) is 5.41 Å². The van der Waals surface area contributed by atoms with Gasteiger partial charge in [-0.1, -0.05) is 44.5 Å². The molecule has 2 nitrogen and oxygen atoms in total. The van der Waals surface area contributed by atoms with Crippen molar-refractivity contribution in [1.29, 1.82) is 0 Å². The van der Waals surface area contributed by atoms with Crippen LogP contribution in [-0.4, -0.2) is 19.2 Å². The van der Waals surface area contributed by atoms with Crippen molar-refractivity contribution in [2.75, 3.05) is 13.2 Å². The molecular formula is C15H22ClNO. The van der Waals surface area contributed by atoms with Crippen LogP contribution in [0.15, 0.2) is 24.3 Å². The number of ether oxygens (including phenoxy) is 1. The van der Waals surface area contributed by atoms with Gasteiger partial charge in [-0.3, -0.25) is 0 Å². The minimum atomic E-state index is 0.134. The number of halogens is 1. The molecule has 1 heterocycles. The van der Waals surface area contributed by atoms with Crippen LogP contribution in [0.2, 0.25) is 5.02 Å². The molecule has 100 valence electrons. The second kappa shape index (κ2) is 5.60. The predicted molar refractivity (Wildman–Crippen MR) is 76.0 cm³/mol. The molecule has 1 saturated heterocycles. The summed E-state index contributed by atoms with van der Waals surface area (Å²) >= 11 is 5.91. The molecule has 0 bridgehead atoms. The van der Waals surface area contributed by atoms with Crippen molar-refractivity contribution >= 4 is 11.6 Å². The van der Waals surface area contributed by atoms with Gasteiger partial charge in [0.25, 0.3) is 0 Å². The summed E-state index contributed by atoms with van der Waals surface area (Å²) in [7, 11) is 0. The van der Waals surface area contributed by atoms with Crippen LogP contribution in [0.4, 0.5) is 0 Å². The molecule has 1 aliphatic heterocycles. The van der Waals surface area contributed by atoms with Crippen molar-refractivity contribution in [2.24, 2.45) is 5.41 Å². The summed E-state index contributed by atoms with van der Waals surface area (Å²) < 4.78 is 5.95. The Balaban J connectivity index is 2.03. The van der Waals surface area contributed by atoms with Crippen LogP contribution in [0.5, 0.6) is 0 Å². The van der Waals surface area contributed by atoms with Crippen molar-refractivity contribution < 1.29 is 4.74 Å². The lowest BCUT2D eigenvalue weighted by Crippen LogP contribution is -2.40. The third-order valence-corrected chi connectivity index (χ3v) is 3.81. The largest absolute Gasteiger partial charge is 0.372 e. The van der Waals surface area contributed by atoms with Crippen molar-refractivity contribution in [3.63, 3.8) is 0 Å². The van der Waals surface area contributed by atoms with Crippen LogP contribution in [0.1, 0.15) is 38.9 Å². The van der Waals surface area contributed by atoms with Crippen molar-refractivity contribution in [3.8, 4) is 0 Å². The molecule has 0 amide bonds. The fraction of sp³-hybridized carbons (Fsp3) is 0.600. The lowest BCUT2D eigenvalue weighted by atomic mass is 9.85. The number of rotatable bonds is 1. The van der Waals surface area contributed by atoms with E-state index in [2.05, 4.69) is 26.1 Å². The van der Waals surface area contributed by atoms with Gasteiger partial charge >= 0.3 is 0 Å². The van der Waals surface area contributed by atoms with Crippen molar-refractivity contribution in [3.05, 3.63) is 34.9 Å². The summed E-state index contributed by atoms with van der Waals surface area (Å²) in [4.78, 5) is 0. The Hall–Kier alpha value is -0.570. The van der Waals surface area contributed by atoms with Gasteiger partial charge < -0.3 is 10.1 Å². The summed E-state index contributed by atoms with van der Waals surface area (Å²) in [6.07, 6.45) is 1.20. The first-order valence-corrected chi connectivity index (χ1v) is 6.95. The summed E-state index contributed by atoms with van der Waals surface area (Å²) in [6, 6.07) is 8.45. The maximum atomic E-state index is 5.95. The molecule has 0 aliphatic carbocycles. The van der Waals surface area contributed by atoms with Gasteiger partial charge in [-0.25, -0.2) is 0 Å². The molecule has 1 aromatic rings. The molecule has 1 aliphatic rings. The van der Waals surface area contributed by atoms with Gasteiger partial charge in [0.15, 0.2) is 0 Å². The molecule has 2 rings (SSSR count). The number of hydrogen-bond acceptors (Lipinski definition) is 2. The number of hydrogen-bond donors (Lipinski definition) is 1. The third-order valence-electron chi connectivity index (χ3n) is 3.56. The maximum Gasteiger partial charge on any atom is 0.0949 e. The van der Waals surface area contributed by atoms with Gasteiger partial charge in [0.05, 0.1) is 6.10 Å². The zero-order valence-electron chi connectivity index (χ0n) is 11.4. The first kappa shape index (κ1) is 13.9. The molecule has 0 radical (unpaired) electrons. The third kappa shape index (κ3) is 3.47. The van der Waals surface area contributed by atoms with Crippen LogP contribution in [0.3, 0.4) is 0 Å². The second-order valence-corrected chi connectivity index (χ2v) is 6.46. The van der Waals surface area contributed by atoms with Gasteiger partial charge in [-0.15, -0.1) is 0 Å². The van der Waals surface area contributed by atoms with Crippen LogP contribution in [-0.2, 0) is 4.74 Å². The van der Waals surface area contributed by atoms with Crippen LogP contribution >= 0.6 is 11.6 Å². The molecule has 0 spiro atoms. The molecule has 2 atom stereocenters. The summed E-state index contributed by atoms with van der Waals surface area (Å²) in [5, 5.41) is 4.40. The molecule has 1 N–H and O–H groups in total. The Morgan fingerprint density at radius 2 is 1.89 bits per heavy atom. The van der Waals surface area contributed by atoms with E-state index in [9.17, 15) is 0 Å². The fourth-order valence-corrected chi connectivity index (χ4v) is 2.50. The summed E-state index contributed by atoms with van der Waals surface area (Å²) in [5.74, 6) is 0. The zero-order chi connectivity index (χ0) is 13.2. The van der Waals surface area contributed by atoms with Gasteiger partial charge in [0.2, 0.25) is 0 Å². The highest BCUT2D eigenvalue weighted by atomic mass is 35.5. The molecule has 18 heavy (non-hydrogen) atoms. The molecule has 1 aromatic carbocycles. The molecule has 3 heteroatoms. The smallest absolute Gasteiger partial charge is 0.0949 e. The van der Waals surface area contributed by atoms with Gasteiger partial charge in [-0.2, -0.15) is 0 Å². The predicted octanol–water partition coefficient (Wildman–Crippen LogP) is 3.81. The number of nitrogens with one attached hydrogen (secondary N) is 1. The van der Waals surface area contributed by atoms with E-state index in [1.54, 1.807) is 0 Å². The highest BCUT2D eigenvalue weighted by Crippen LogP contribution is 2.27. The van der Waals surface area contributed by atoms with Crippen LogP contribution < -0.4 is 5.32 Å². The van der Waals surface area contributed by atoms with E-state index in [0.29, 0.717) is 6.04 Å². The van der Waals surface area contributed by atoms with E-state index < -0.39 is 0 Å². The topological polar surface area (TPSA) is 21.3 Å². The Morgan fingerprint density at radius 3 is 2.50 bits per heavy atom. The Kier molecular flexibility index (Phi) is 4.31. The SMILES string of the molecule is CC(C)(C)C1CCOC(c2ccc(Cl)cc2)CN1. The van der Waals surface area contributed by atoms with Gasteiger partial charge in [-0.05, 0) is 29.5 Å². The summed E-state index contributed by atoms with van der Waals surface area (Å²) in [5.41, 5.74) is 1.47. The first-order chi connectivity index (χ1) is 8.47. The monoisotopic (exact) mass is 267 g/mol. The van der Waals surface area contributed by atoms with Crippen LogP contribution in [0.25, 0.3) is 0 Å². The van der Waals surface area contributed by atoms with E-state index in [-0.39, 0.29) is 11.5 Å². The molecule has 0 aromatic heterocycles. The zero-order valence-corrected chi connectivity index (χ0v) is 12.1.